The molecular weight excluding hydrogens is 352 g/mol. The van der Waals surface area contributed by atoms with E-state index < -0.39 is 0 Å². The fourth-order valence-electron chi connectivity index (χ4n) is 1.59. The van der Waals surface area contributed by atoms with Crippen molar-refractivity contribution in [1.29, 1.82) is 0 Å². The van der Waals surface area contributed by atoms with E-state index in [4.69, 9.17) is 4.74 Å². The van der Waals surface area contributed by atoms with Gasteiger partial charge < -0.3 is 4.74 Å². The zero-order valence-electron chi connectivity index (χ0n) is 11.5. The van der Waals surface area contributed by atoms with E-state index in [0.29, 0.717) is 5.75 Å². The van der Waals surface area contributed by atoms with Gasteiger partial charge in [0.15, 0.2) is 6.61 Å². The number of hydrazone groups is 1. The Kier molecular flexibility index (Phi) is 5.95. The summed E-state index contributed by atoms with van der Waals surface area (Å²) in [6.07, 6.45) is 2.56. The summed E-state index contributed by atoms with van der Waals surface area (Å²) in [5.74, 6) is 0.346. The van der Waals surface area contributed by atoms with Gasteiger partial charge in [0.1, 0.15) is 5.75 Å². The minimum Gasteiger partial charge on any atom is -0.483 e. The molecule has 1 aromatic heterocycles. The van der Waals surface area contributed by atoms with Crippen molar-refractivity contribution in [3.05, 3.63) is 50.6 Å². The number of hydrogen-bond acceptors (Lipinski definition) is 4. The summed E-state index contributed by atoms with van der Waals surface area (Å²) in [4.78, 5) is 12.6. The van der Waals surface area contributed by atoms with E-state index in [-0.39, 0.29) is 12.5 Å². The Morgan fingerprint density at radius 3 is 3.00 bits per heavy atom. The van der Waals surface area contributed by atoms with Gasteiger partial charge >= 0.3 is 0 Å². The summed E-state index contributed by atoms with van der Waals surface area (Å²) in [7, 11) is 0. The first-order valence-electron chi connectivity index (χ1n) is 6.45. The Balaban J connectivity index is 1.81. The predicted molar refractivity (Wildman–Crippen MR) is 89.1 cm³/mol. The van der Waals surface area contributed by atoms with Crippen LogP contribution < -0.4 is 10.2 Å². The highest BCUT2D eigenvalue weighted by Gasteiger charge is 2.05. The second-order valence-corrected chi connectivity index (χ2v) is 6.05. The lowest BCUT2D eigenvalue weighted by Gasteiger charge is -2.08. The van der Waals surface area contributed by atoms with Crippen LogP contribution in [0, 0.1) is 0 Å². The number of nitrogens with one attached hydrogen (secondary N) is 1. The van der Waals surface area contributed by atoms with Gasteiger partial charge in [-0.25, -0.2) is 5.43 Å². The molecule has 0 atom stereocenters. The second kappa shape index (κ2) is 7.95. The zero-order valence-corrected chi connectivity index (χ0v) is 13.9. The van der Waals surface area contributed by atoms with Crippen molar-refractivity contribution >= 4 is 39.4 Å². The van der Waals surface area contributed by atoms with E-state index in [9.17, 15) is 4.79 Å². The van der Waals surface area contributed by atoms with Crippen LogP contribution >= 0.6 is 27.3 Å². The Hall–Kier alpha value is -1.66. The summed E-state index contributed by atoms with van der Waals surface area (Å²) in [5.41, 5.74) is 3.64. The summed E-state index contributed by atoms with van der Waals surface area (Å²) < 4.78 is 6.30. The number of aryl methyl sites for hydroxylation is 1. The quantitative estimate of drug-likeness (QED) is 0.627. The first-order chi connectivity index (χ1) is 10.2. The molecule has 1 amide bonds. The van der Waals surface area contributed by atoms with Gasteiger partial charge in [-0.15, -0.1) is 11.3 Å². The summed E-state index contributed by atoms with van der Waals surface area (Å²) in [6, 6.07) is 9.66. The van der Waals surface area contributed by atoms with Crippen LogP contribution in [0.5, 0.6) is 5.75 Å². The van der Waals surface area contributed by atoms with Gasteiger partial charge in [0, 0.05) is 4.88 Å². The fourth-order valence-corrected chi connectivity index (χ4v) is 2.72. The minimum atomic E-state index is -0.297. The van der Waals surface area contributed by atoms with Crippen LogP contribution in [-0.4, -0.2) is 18.7 Å². The molecule has 0 spiro atoms. The van der Waals surface area contributed by atoms with Gasteiger partial charge in [0.25, 0.3) is 5.91 Å². The highest BCUT2D eigenvalue weighted by molar-refractivity contribution is 9.10. The van der Waals surface area contributed by atoms with Gasteiger partial charge in [0.05, 0.1) is 10.7 Å². The Labute approximate surface area is 136 Å². The minimum absolute atomic E-state index is 0.0775. The molecule has 0 unspecified atom stereocenters. The Morgan fingerprint density at radius 1 is 1.48 bits per heavy atom. The van der Waals surface area contributed by atoms with Gasteiger partial charge in [-0.3, -0.25) is 4.79 Å². The maximum Gasteiger partial charge on any atom is 0.277 e. The molecule has 0 bridgehead atoms. The van der Waals surface area contributed by atoms with Crippen molar-refractivity contribution in [3.8, 4) is 5.75 Å². The number of benzene rings is 1. The Morgan fingerprint density at radius 2 is 2.33 bits per heavy atom. The Bertz CT molecular complexity index is 627. The molecule has 4 nitrogen and oxygen atoms in total. The van der Waals surface area contributed by atoms with Gasteiger partial charge in [-0.2, -0.15) is 5.10 Å². The molecule has 2 aromatic rings. The average molecular weight is 367 g/mol. The number of halogens is 1. The van der Waals surface area contributed by atoms with Crippen LogP contribution in [0.15, 0.2) is 45.3 Å². The van der Waals surface area contributed by atoms with E-state index >= 15 is 0 Å². The molecule has 1 aromatic carbocycles. The molecule has 0 radical (unpaired) electrons. The lowest BCUT2D eigenvalue weighted by molar-refractivity contribution is -0.123. The van der Waals surface area contributed by atoms with Crippen molar-refractivity contribution in [2.45, 2.75) is 13.3 Å². The number of carbonyl (C=O) groups excluding carboxylic acids is 1. The number of hydrogen-bond donors (Lipinski definition) is 1. The molecule has 2 rings (SSSR count). The maximum atomic E-state index is 11.6. The summed E-state index contributed by atoms with van der Waals surface area (Å²) >= 11 is 4.98. The predicted octanol–water partition coefficient (Wildman–Crippen LogP) is 3.60. The highest BCUT2D eigenvalue weighted by atomic mass is 79.9. The molecule has 0 aliphatic carbocycles. The number of amides is 1. The van der Waals surface area contributed by atoms with Gasteiger partial charge in [-0.1, -0.05) is 19.1 Å². The molecule has 110 valence electrons. The standard InChI is InChI=1S/C15H15BrN2O2S/c1-2-11-5-6-14(13(16)8-11)20-10-15(19)18-17-9-12-4-3-7-21-12/h3-9H,2,10H2,1H3,(H,18,19)/b17-9-. The van der Waals surface area contributed by atoms with Gasteiger partial charge in [0.2, 0.25) is 0 Å². The van der Waals surface area contributed by atoms with E-state index in [1.165, 1.54) is 5.56 Å². The molecular formula is C15H15BrN2O2S. The van der Waals surface area contributed by atoms with E-state index in [1.807, 2.05) is 35.7 Å². The smallest absolute Gasteiger partial charge is 0.277 e. The fraction of sp³-hybridized carbons (Fsp3) is 0.200. The van der Waals surface area contributed by atoms with Crippen LogP contribution in [0.2, 0.25) is 0 Å². The lowest BCUT2D eigenvalue weighted by atomic mass is 10.2. The zero-order chi connectivity index (χ0) is 15.1. The van der Waals surface area contributed by atoms with Crippen LogP contribution in [0.25, 0.3) is 0 Å². The van der Waals surface area contributed by atoms with E-state index in [0.717, 1.165) is 15.8 Å². The van der Waals surface area contributed by atoms with Crippen LogP contribution in [0.4, 0.5) is 0 Å². The third kappa shape index (κ3) is 4.99. The van der Waals surface area contributed by atoms with Crippen LogP contribution in [0.1, 0.15) is 17.4 Å². The van der Waals surface area contributed by atoms with Crippen molar-refractivity contribution in [3.63, 3.8) is 0 Å². The summed E-state index contributed by atoms with van der Waals surface area (Å²) in [6.45, 7) is 2.01. The van der Waals surface area contributed by atoms with E-state index in [1.54, 1.807) is 17.6 Å². The van der Waals surface area contributed by atoms with E-state index in [2.05, 4.69) is 33.4 Å². The highest BCUT2D eigenvalue weighted by Crippen LogP contribution is 2.26. The summed E-state index contributed by atoms with van der Waals surface area (Å²) in [5, 5.41) is 5.82. The third-order valence-corrected chi connectivity index (χ3v) is 4.11. The normalized spacial score (nSPS) is 10.8. The van der Waals surface area contributed by atoms with Gasteiger partial charge in [-0.05, 0) is 51.5 Å². The van der Waals surface area contributed by atoms with Crippen LogP contribution in [-0.2, 0) is 11.2 Å². The first kappa shape index (κ1) is 15.7. The molecule has 1 heterocycles. The molecule has 0 saturated heterocycles. The molecule has 0 saturated carbocycles. The molecule has 6 heteroatoms. The second-order valence-electron chi connectivity index (χ2n) is 4.22. The number of rotatable bonds is 6. The van der Waals surface area contributed by atoms with Crippen molar-refractivity contribution in [1.82, 2.24) is 5.43 Å². The topological polar surface area (TPSA) is 50.7 Å². The largest absolute Gasteiger partial charge is 0.483 e. The SMILES string of the molecule is CCc1ccc(OCC(=O)N/N=C\c2cccs2)c(Br)c1. The first-order valence-corrected chi connectivity index (χ1v) is 8.13. The lowest BCUT2D eigenvalue weighted by Crippen LogP contribution is -2.24. The molecule has 21 heavy (non-hydrogen) atoms. The average Bonchev–Trinajstić information content (AvgIpc) is 2.99. The van der Waals surface area contributed by atoms with Crippen molar-refractivity contribution in [2.24, 2.45) is 5.10 Å². The third-order valence-electron chi connectivity index (χ3n) is 2.69. The van der Waals surface area contributed by atoms with Crippen molar-refractivity contribution in [2.75, 3.05) is 6.61 Å². The monoisotopic (exact) mass is 366 g/mol. The molecule has 1 N–H and O–H groups in total. The molecule has 0 fully saturated rings. The number of carbonyl (C=O) groups is 1. The molecule has 0 aliphatic heterocycles. The number of ether oxygens (including phenoxy) is 1. The number of nitrogens with zero attached hydrogens (tertiary/aromatic N) is 1. The molecule has 0 aliphatic rings. The van der Waals surface area contributed by atoms with Crippen molar-refractivity contribution < 1.29 is 9.53 Å². The number of thiophene rings is 1. The van der Waals surface area contributed by atoms with Crippen LogP contribution in [0.3, 0.4) is 0 Å². The maximum absolute atomic E-state index is 11.6.